The van der Waals surface area contributed by atoms with Crippen molar-refractivity contribution < 1.29 is 13.2 Å². The molecule has 1 fully saturated rings. The number of amides is 1. The minimum Gasteiger partial charge on any atom is -0.338 e. The van der Waals surface area contributed by atoms with Crippen molar-refractivity contribution in [1.82, 2.24) is 9.21 Å². The normalized spacial score (nSPS) is 22.7. The molecule has 0 bridgehead atoms. The Morgan fingerprint density at radius 3 is 2.50 bits per heavy atom. The van der Waals surface area contributed by atoms with E-state index in [1.807, 2.05) is 0 Å². The molecule has 1 unspecified atom stereocenters. The van der Waals surface area contributed by atoms with Crippen LogP contribution in [0.1, 0.15) is 0 Å². The van der Waals surface area contributed by atoms with Gasteiger partial charge in [-0.15, -0.1) is 0 Å². The first kappa shape index (κ1) is 11.4. The van der Waals surface area contributed by atoms with Gasteiger partial charge in [0.15, 0.2) is 0 Å². The Hall–Kier alpha value is -0.660. The average Bonchev–Trinajstić information content (AvgIpc) is 2.11. The zero-order valence-corrected chi connectivity index (χ0v) is 9.12. The molecule has 2 N–H and O–H groups in total. The monoisotopic (exact) mass is 221 g/mol. The van der Waals surface area contributed by atoms with E-state index in [0.717, 1.165) is 4.31 Å². The highest BCUT2D eigenvalue weighted by molar-refractivity contribution is 7.89. The number of carbonyl (C=O) groups excluding carboxylic acids is 1. The van der Waals surface area contributed by atoms with Crippen LogP contribution in [0.25, 0.3) is 0 Å². The first-order chi connectivity index (χ1) is 6.34. The fourth-order valence-corrected chi connectivity index (χ4v) is 1.95. The molecule has 1 rings (SSSR count). The van der Waals surface area contributed by atoms with Crippen molar-refractivity contribution in [2.24, 2.45) is 5.73 Å². The molecule has 0 aromatic carbocycles. The third-order valence-corrected chi connectivity index (χ3v) is 4.03. The van der Waals surface area contributed by atoms with E-state index in [2.05, 4.69) is 0 Å². The highest BCUT2D eigenvalue weighted by Gasteiger charge is 2.33. The fraction of sp³-hybridized carbons (Fsp3) is 0.857. The Balaban J connectivity index is 2.39. The number of nitrogens with zero attached hydrogens (tertiary/aromatic N) is 2. The summed E-state index contributed by atoms with van der Waals surface area (Å²) in [6.45, 7) is 0.689. The SMILES string of the molecule is CN(C)S(=O)(=O)CCN1CC(N)C1=O. The van der Waals surface area contributed by atoms with Crippen molar-refractivity contribution >= 4 is 15.9 Å². The van der Waals surface area contributed by atoms with Crippen LogP contribution in [0.4, 0.5) is 0 Å². The lowest BCUT2D eigenvalue weighted by molar-refractivity contribution is -0.141. The van der Waals surface area contributed by atoms with Gasteiger partial charge in [-0.2, -0.15) is 0 Å². The molecule has 0 aromatic rings. The molecular weight excluding hydrogens is 206 g/mol. The van der Waals surface area contributed by atoms with Gasteiger partial charge >= 0.3 is 0 Å². The summed E-state index contributed by atoms with van der Waals surface area (Å²) in [5.41, 5.74) is 5.36. The molecule has 1 aliphatic rings. The number of β-lactam (4-membered cyclic amide) rings is 1. The van der Waals surface area contributed by atoms with Crippen LogP contribution in [0, 0.1) is 0 Å². The van der Waals surface area contributed by atoms with Crippen molar-refractivity contribution in [1.29, 1.82) is 0 Å². The van der Waals surface area contributed by atoms with Crippen molar-refractivity contribution in [2.75, 3.05) is 32.9 Å². The van der Waals surface area contributed by atoms with Crippen LogP contribution in [-0.4, -0.2) is 62.5 Å². The van der Waals surface area contributed by atoms with Gasteiger partial charge in [0, 0.05) is 27.2 Å². The molecule has 82 valence electrons. The van der Waals surface area contributed by atoms with Crippen LogP contribution in [0.15, 0.2) is 0 Å². The number of nitrogens with two attached hydrogens (primary N) is 1. The maximum Gasteiger partial charge on any atom is 0.241 e. The first-order valence-corrected chi connectivity index (χ1v) is 5.90. The number of sulfonamides is 1. The molecule has 0 saturated carbocycles. The van der Waals surface area contributed by atoms with Gasteiger partial charge in [0.2, 0.25) is 15.9 Å². The van der Waals surface area contributed by atoms with Crippen molar-refractivity contribution in [2.45, 2.75) is 6.04 Å². The van der Waals surface area contributed by atoms with Crippen LogP contribution >= 0.6 is 0 Å². The van der Waals surface area contributed by atoms with Gasteiger partial charge in [0.05, 0.1) is 5.75 Å². The summed E-state index contributed by atoms with van der Waals surface area (Å²) in [4.78, 5) is 12.5. The van der Waals surface area contributed by atoms with Crippen LogP contribution in [0.5, 0.6) is 0 Å². The fourth-order valence-electron chi connectivity index (χ4n) is 1.14. The lowest BCUT2D eigenvalue weighted by Gasteiger charge is -2.36. The molecular formula is C7H15N3O3S. The summed E-state index contributed by atoms with van der Waals surface area (Å²) in [6, 6.07) is -0.433. The Bertz CT molecular complexity index is 325. The predicted molar refractivity (Wildman–Crippen MR) is 52.0 cm³/mol. The number of hydrogen-bond acceptors (Lipinski definition) is 4. The largest absolute Gasteiger partial charge is 0.338 e. The van der Waals surface area contributed by atoms with Crippen molar-refractivity contribution in [3.63, 3.8) is 0 Å². The third kappa shape index (κ3) is 2.23. The minimum absolute atomic E-state index is 0.0432. The summed E-state index contributed by atoms with van der Waals surface area (Å²) in [5, 5.41) is 0. The molecule has 0 radical (unpaired) electrons. The van der Waals surface area contributed by atoms with Crippen LogP contribution in [-0.2, 0) is 14.8 Å². The zero-order valence-electron chi connectivity index (χ0n) is 8.30. The van der Waals surface area contributed by atoms with E-state index in [1.165, 1.54) is 19.0 Å². The molecule has 1 heterocycles. The second-order valence-electron chi connectivity index (χ2n) is 3.49. The maximum atomic E-state index is 11.3. The van der Waals surface area contributed by atoms with Gasteiger partial charge in [-0.3, -0.25) is 4.79 Å². The van der Waals surface area contributed by atoms with Gasteiger partial charge in [-0.1, -0.05) is 0 Å². The lowest BCUT2D eigenvalue weighted by atomic mass is 10.1. The van der Waals surface area contributed by atoms with E-state index in [9.17, 15) is 13.2 Å². The van der Waals surface area contributed by atoms with E-state index in [4.69, 9.17) is 5.73 Å². The van der Waals surface area contributed by atoms with Crippen LogP contribution in [0.3, 0.4) is 0 Å². The molecule has 1 atom stereocenters. The van der Waals surface area contributed by atoms with Crippen LogP contribution < -0.4 is 5.73 Å². The summed E-state index contributed by atoms with van der Waals surface area (Å²) in [5.74, 6) is -0.211. The van der Waals surface area contributed by atoms with E-state index < -0.39 is 16.1 Å². The van der Waals surface area contributed by atoms with E-state index >= 15 is 0 Å². The van der Waals surface area contributed by atoms with Crippen LogP contribution in [0.2, 0.25) is 0 Å². The van der Waals surface area contributed by atoms with Gasteiger partial charge in [0.25, 0.3) is 0 Å². The molecule has 0 spiro atoms. The summed E-state index contributed by atoms with van der Waals surface area (Å²) < 4.78 is 23.8. The number of rotatable bonds is 4. The first-order valence-electron chi connectivity index (χ1n) is 4.29. The Morgan fingerprint density at radius 1 is 1.57 bits per heavy atom. The van der Waals surface area contributed by atoms with Gasteiger partial charge in [-0.25, -0.2) is 12.7 Å². The molecule has 14 heavy (non-hydrogen) atoms. The van der Waals surface area contributed by atoms with E-state index in [-0.39, 0.29) is 18.2 Å². The highest BCUT2D eigenvalue weighted by Crippen LogP contribution is 2.08. The molecule has 0 aromatic heterocycles. The predicted octanol–water partition coefficient (Wildman–Crippen LogP) is -1.95. The second-order valence-corrected chi connectivity index (χ2v) is 5.79. The molecule has 6 nitrogen and oxygen atoms in total. The topological polar surface area (TPSA) is 83.7 Å². The highest BCUT2D eigenvalue weighted by atomic mass is 32.2. The second kappa shape index (κ2) is 3.84. The molecule has 7 heteroatoms. The van der Waals surface area contributed by atoms with Gasteiger partial charge in [0.1, 0.15) is 6.04 Å². The smallest absolute Gasteiger partial charge is 0.241 e. The third-order valence-electron chi connectivity index (χ3n) is 2.22. The summed E-state index contributed by atoms with van der Waals surface area (Å²) >= 11 is 0. The standard InChI is InChI=1S/C7H15N3O3S/c1-9(2)14(12,13)4-3-10-5-6(8)7(10)11/h6H,3-5,8H2,1-2H3. The van der Waals surface area contributed by atoms with Gasteiger partial charge < -0.3 is 10.6 Å². The van der Waals surface area contributed by atoms with E-state index in [0.29, 0.717) is 6.54 Å². The van der Waals surface area contributed by atoms with Crippen molar-refractivity contribution in [3.8, 4) is 0 Å². The Kier molecular flexibility index (Phi) is 3.13. The van der Waals surface area contributed by atoms with Crippen molar-refractivity contribution in [3.05, 3.63) is 0 Å². The average molecular weight is 221 g/mol. The Labute approximate surface area is 83.7 Å². The molecule has 1 aliphatic heterocycles. The lowest BCUT2D eigenvalue weighted by Crippen LogP contribution is -2.61. The van der Waals surface area contributed by atoms with E-state index in [1.54, 1.807) is 0 Å². The minimum atomic E-state index is -3.21. The zero-order chi connectivity index (χ0) is 10.9. The Morgan fingerprint density at radius 2 is 2.14 bits per heavy atom. The molecule has 0 aliphatic carbocycles. The molecule has 1 amide bonds. The molecule has 1 saturated heterocycles. The summed E-state index contributed by atoms with van der Waals surface area (Å²) in [6.07, 6.45) is 0. The quantitative estimate of drug-likeness (QED) is 0.559. The maximum absolute atomic E-state index is 11.3. The number of likely N-dealkylation sites (tertiary alicyclic amines) is 1. The summed E-state index contributed by atoms with van der Waals surface area (Å²) in [7, 11) is -0.269. The number of carbonyl (C=O) groups is 1. The number of hydrogen-bond donors (Lipinski definition) is 1. The van der Waals surface area contributed by atoms with Gasteiger partial charge in [-0.05, 0) is 0 Å².